The van der Waals surface area contributed by atoms with Crippen LogP contribution in [-0.2, 0) is 18.3 Å². The number of benzene rings is 1. The van der Waals surface area contributed by atoms with Crippen LogP contribution < -0.4 is 5.73 Å². The van der Waals surface area contributed by atoms with E-state index >= 15 is 0 Å². The Balaban J connectivity index is 1.91. The van der Waals surface area contributed by atoms with Gasteiger partial charge in [-0.15, -0.1) is 0 Å². The fraction of sp³-hybridized carbons (Fsp3) is 0.429. The van der Waals surface area contributed by atoms with Crippen LogP contribution in [0.2, 0.25) is 0 Å². The number of aromatic nitrogens is 2. The second-order valence-electron chi connectivity index (χ2n) is 5.16. The second kappa shape index (κ2) is 3.92. The highest BCUT2D eigenvalue weighted by atomic mass is 16.1. The van der Waals surface area contributed by atoms with E-state index in [-0.39, 0.29) is 11.2 Å². The van der Waals surface area contributed by atoms with Gasteiger partial charge in [0.1, 0.15) is 11.6 Å². The van der Waals surface area contributed by atoms with E-state index < -0.39 is 0 Å². The zero-order valence-electron chi connectivity index (χ0n) is 10.5. The molecule has 1 heterocycles. The largest absolute Gasteiger partial charge is 0.331 e. The van der Waals surface area contributed by atoms with Crippen molar-refractivity contribution in [1.82, 2.24) is 9.55 Å². The van der Waals surface area contributed by atoms with E-state index in [1.54, 1.807) is 0 Å². The summed E-state index contributed by atoms with van der Waals surface area (Å²) in [7, 11) is 1.96. The minimum Gasteiger partial charge on any atom is -0.331 e. The van der Waals surface area contributed by atoms with Gasteiger partial charge in [0.05, 0.1) is 17.5 Å². The average Bonchev–Trinajstić information content (AvgIpc) is 3.13. The minimum absolute atomic E-state index is 0.238. The normalized spacial score (nSPS) is 17.0. The first-order valence-electron chi connectivity index (χ1n) is 6.30. The number of hydrogen-bond donors (Lipinski definition) is 1. The fourth-order valence-electron chi connectivity index (χ4n) is 2.43. The number of aryl methyl sites for hydroxylation is 1. The lowest BCUT2D eigenvalue weighted by molar-refractivity contribution is -0.123. The quantitative estimate of drug-likeness (QED) is 0.883. The minimum atomic E-state index is -0.238. The number of Topliss-reactive ketones (excluding diaryl/α,β-unsaturated/α-hetero) is 1. The third kappa shape index (κ3) is 1.64. The number of imidazole rings is 1. The Hall–Kier alpha value is -1.68. The third-order valence-corrected chi connectivity index (χ3v) is 4.03. The number of carbonyl (C=O) groups excluding carboxylic acids is 1. The van der Waals surface area contributed by atoms with Gasteiger partial charge in [-0.25, -0.2) is 4.98 Å². The number of fused-ring (bicyclic) bond motifs is 1. The summed E-state index contributed by atoms with van der Waals surface area (Å²) in [6, 6.07) is 7.94. The maximum absolute atomic E-state index is 12.2. The van der Waals surface area contributed by atoms with Crippen LogP contribution in [-0.4, -0.2) is 21.9 Å². The van der Waals surface area contributed by atoms with Crippen molar-refractivity contribution in [3.63, 3.8) is 0 Å². The molecule has 0 unspecified atom stereocenters. The van der Waals surface area contributed by atoms with E-state index in [0.29, 0.717) is 13.0 Å². The van der Waals surface area contributed by atoms with Crippen molar-refractivity contribution in [2.75, 3.05) is 6.54 Å². The smallest absolute Gasteiger partial charge is 0.147 e. The molecule has 0 radical (unpaired) electrons. The van der Waals surface area contributed by atoms with Crippen molar-refractivity contribution in [3.8, 4) is 0 Å². The molecule has 0 saturated heterocycles. The summed E-state index contributed by atoms with van der Waals surface area (Å²) < 4.78 is 2.00. The molecule has 2 N–H and O–H groups in total. The lowest BCUT2D eigenvalue weighted by Crippen LogP contribution is -2.27. The van der Waals surface area contributed by atoms with E-state index in [1.807, 2.05) is 35.9 Å². The van der Waals surface area contributed by atoms with Gasteiger partial charge in [0.2, 0.25) is 0 Å². The number of nitrogens with zero attached hydrogens (tertiary/aromatic N) is 2. The monoisotopic (exact) mass is 243 g/mol. The molecule has 0 bridgehead atoms. The van der Waals surface area contributed by atoms with Crippen molar-refractivity contribution in [2.45, 2.75) is 19.3 Å². The molecule has 3 rings (SSSR count). The predicted octanol–water partition coefficient (Wildman–Crippen LogP) is 1.42. The molecule has 1 aliphatic carbocycles. The first kappa shape index (κ1) is 11.4. The van der Waals surface area contributed by atoms with Gasteiger partial charge in [0, 0.05) is 19.0 Å². The first-order chi connectivity index (χ1) is 8.66. The van der Waals surface area contributed by atoms with E-state index in [2.05, 4.69) is 4.98 Å². The van der Waals surface area contributed by atoms with Gasteiger partial charge in [0.15, 0.2) is 0 Å². The molecule has 4 nitrogen and oxygen atoms in total. The lowest BCUT2D eigenvalue weighted by atomic mass is 9.98. The molecule has 0 atom stereocenters. The summed E-state index contributed by atoms with van der Waals surface area (Å²) in [5, 5.41) is 0. The SMILES string of the molecule is Cn1c(CC(=O)C2(CN)CC2)nc2ccccc21. The standard InChI is InChI=1S/C14H17N3O/c1-17-11-5-3-2-4-10(11)16-13(17)8-12(18)14(9-15)6-7-14/h2-5H,6-9,15H2,1H3. The summed E-state index contributed by atoms with van der Waals surface area (Å²) in [4.78, 5) is 16.8. The van der Waals surface area contributed by atoms with Crippen LogP contribution in [0.3, 0.4) is 0 Å². The van der Waals surface area contributed by atoms with Crippen molar-refractivity contribution < 1.29 is 4.79 Å². The molecule has 2 aromatic rings. The fourth-order valence-corrected chi connectivity index (χ4v) is 2.43. The van der Waals surface area contributed by atoms with Gasteiger partial charge >= 0.3 is 0 Å². The van der Waals surface area contributed by atoms with Crippen molar-refractivity contribution in [1.29, 1.82) is 0 Å². The van der Waals surface area contributed by atoms with Gasteiger partial charge in [-0.2, -0.15) is 0 Å². The summed E-state index contributed by atoms with van der Waals surface area (Å²) >= 11 is 0. The zero-order chi connectivity index (χ0) is 12.8. The van der Waals surface area contributed by atoms with Crippen LogP contribution in [0, 0.1) is 5.41 Å². The predicted molar refractivity (Wildman–Crippen MR) is 70.1 cm³/mol. The highest BCUT2D eigenvalue weighted by Gasteiger charge is 2.47. The van der Waals surface area contributed by atoms with Gasteiger partial charge in [-0.1, -0.05) is 12.1 Å². The molecule has 18 heavy (non-hydrogen) atoms. The average molecular weight is 243 g/mol. The Morgan fingerprint density at radius 2 is 2.17 bits per heavy atom. The van der Waals surface area contributed by atoms with Crippen LogP contribution in [0.5, 0.6) is 0 Å². The van der Waals surface area contributed by atoms with Crippen molar-refractivity contribution in [2.24, 2.45) is 18.2 Å². The molecular weight excluding hydrogens is 226 g/mol. The molecule has 4 heteroatoms. The Bertz CT molecular complexity index is 611. The van der Waals surface area contributed by atoms with Gasteiger partial charge in [-0.05, 0) is 25.0 Å². The van der Waals surface area contributed by atoms with Crippen LogP contribution in [0.15, 0.2) is 24.3 Å². The lowest BCUT2D eigenvalue weighted by Gasteiger charge is -2.10. The van der Waals surface area contributed by atoms with Gasteiger partial charge in [-0.3, -0.25) is 4.79 Å². The molecule has 0 aliphatic heterocycles. The van der Waals surface area contributed by atoms with E-state index in [1.165, 1.54) is 0 Å². The van der Waals surface area contributed by atoms with Crippen LogP contribution in [0.4, 0.5) is 0 Å². The molecular formula is C14H17N3O. The van der Waals surface area contributed by atoms with Crippen LogP contribution in [0.25, 0.3) is 11.0 Å². The molecule has 1 aromatic carbocycles. The maximum atomic E-state index is 12.2. The molecule has 1 fully saturated rings. The molecule has 1 aliphatic rings. The van der Waals surface area contributed by atoms with E-state index in [9.17, 15) is 4.79 Å². The third-order valence-electron chi connectivity index (χ3n) is 4.03. The summed E-state index contributed by atoms with van der Waals surface area (Å²) in [6.45, 7) is 0.468. The summed E-state index contributed by atoms with van der Waals surface area (Å²) in [6.07, 6.45) is 2.26. The highest BCUT2D eigenvalue weighted by Crippen LogP contribution is 2.46. The molecule has 94 valence electrons. The number of rotatable bonds is 4. The molecule has 1 saturated carbocycles. The Kier molecular flexibility index (Phi) is 2.48. The summed E-state index contributed by atoms with van der Waals surface area (Å²) in [5.74, 6) is 1.07. The van der Waals surface area contributed by atoms with E-state index in [4.69, 9.17) is 5.73 Å². The number of nitrogens with two attached hydrogens (primary N) is 1. The number of hydrogen-bond acceptors (Lipinski definition) is 3. The molecule has 1 aromatic heterocycles. The zero-order valence-corrected chi connectivity index (χ0v) is 10.5. The number of para-hydroxylation sites is 2. The molecule has 0 amide bonds. The second-order valence-corrected chi connectivity index (χ2v) is 5.16. The van der Waals surface area contributed by atoms with Gasteiger partial charge < -0.3 is 10.3 Å². The maximum Gasteiger partial charge on any atom is 0.147 e. The van der Waals surface area contributed by atoms with Crippen LogP contribution in [0.1, 0.15) is 18.7 Å². The summed E-state index contributed by atoms with van der Waals surface area (Å²) in [5.41, 5.74) is 7.46. The Labute approximate surface area is 106 Å². The molecule has 0 spiro atoms. The van der Waals surface area contributed by atoms with Crippen LogP contribution >= 0.6 is 0 Å². The topological polar surface area (TPSA) is 60.9 Å². The Morgan fingerprint density at radius 3 is 2.78 bits per heavy atom. The number of ketones is 1. The number of carbonyl (C=O) groups is 1. The van der Waals surface area contributed by atoms with Gasteiger partial charge in [0.25, 0.3) is 0 Å². The first-order valence-corrected chi connectivity index (χ1v) is 6.30. The van der Waals surface area contributed by atoms with Crippen molar-refractivity contribution >= 4 is 16.8 Å². The van der Waals surface area contributed by atoms with Crippen molar-refractivity contribution in [3.05, 3.63) is 30.1 Å². The highest BCUT2D eigenvalue weighted by molar-refractivity contribution is 5.89. The van der Waals surface area contributed by atoms with E-state index in [0.717, 1.165) is 29.7 Å². The Morgan fingerprint density at radius 1 is 1.44 bits per heavy atom.